The van der Waals surface area contributed by atoms with Gasteiger partial charge in [-0.05, 0) is 39.0 Å². The minimum absolute atomic E-state index is 0.212. The zero-order valence-corrected chi connectivity index (χ0v) is 17.5. The molecule has 4 aromatic rings. The number of carbonyl (C=O) groups excluding carboxylic acids is 1. The van der Waals surface area contributed by atoms with Gasteiger partial charge in [0.2, 0.25) is 0 Å². The number of hydrogen-bond donors (Lipinski definition) is 2. The maximum Gasteiger partial charge on any atom is 0.273 e. The van der Waals surface area contributed by atoms with Crippen molar-refractivity contribution in [1.82, 2.24) is 35.2 Å². The summed E-state index contributed by atoms with van der Waals surface area (Å²) in [6.07, 6.45) is 3.32. The van der Waals surface area contributed by atoms with Crippen LogP contribution in [0.15, 0.2) is 47.2 Å². The second kappa shape index (κ2) is 8.74. The summed E-state index contributed by atoms with van der Waals surface area (Å²) in [5, 5.41) is 14.3. The molecule has 0 atom stereocenters. The van der Waals surface area contributed by atoms with E-state index in [0.29, 0.717) is 36.3 Å². The number of nitrogens with zero attached hydrogens (tertiary/aromatic N) is 6. The molecule has 4 aromatic heterocycles. The maximum atomic E-state index is 12.3. The number of aromatic nitrogens is 6. The SMILES string of the molecule is Cc1cc(C)n(-c2cc(NCCNC(=O)c3cc(-c4cccnc4)on3)nc(C)n2)n1. The van der Waals surface area contributed by atoms with E-state index in [9.17, 15) is 4.79 Å². The van der Waals surface area contributed by atoms with E-state index >= 15 is 0 Å². The molecular weight excluding hydrogens is 396 g/mol. The van der Waals surface area contributed by atoms with Crippen molar-refractivity contribution in [3.05, 3.63) is 65.6 Å². The summed E-state index contributed by atoms with van der Waals surface area (Å²) in [5.74, 6) is 2.15. The first-order chi connectivity index (χ1) is 15.0. The third kappa shape index (κ3) is 4.74. The number of amides is 1. The number of carbonyl (C=O) groups is 1. The van der Waals surface area contributed by atoms with Crippen molar-refractivity contribution in [3.8, 4) is 17.1 Å². The van der Waals surface area contributed by atoms with Gasteiger partial charge in [-0.15, -0.1) is 0 Å². The molecule has 31 heavy (non-hydrogen) atoms. The molecule has 0 aliphatic rings. The average Bonchev–Trinajstić information content (AvgIpc) is 3.38. The molecular formula is C21H22N8O2. The fourth-order valence-electron chi connectivity index (χ4n) is 3.10. The van der Waals surface area contributed by atoms with E-state index in [1.54, 1.807) is 29.2 Å². The Hall–Kier alpha value is -4.08. The third-order valence-electron chi connectivity index (χ3n) is 4.46. The van der Waals surface area contributed by atoms with Gasteiger partial charge in [0.05, 0.1) is 5.69 Å². The summed E-state index contributed by atoms with van der Waals surface area (Å²) < 4.78 is 7.01. The summed E-state index contributed by atoms with van der Waals surface area (Å²) in [5.41, 5.74) is 2.88. The van der Waals surface area contributed by atoms with Crippen LogP contribution in [0.2, 0.25) is 0 Å². The molecule has 0 aliphatic carbocycles. The molecule has 0 spiro atoms. The van der Waals surface area contributed by atoms with Crippen molar-refractivity contribution in [2.24, 2.45) is 0 Å². The average molecular weight is 418 g/mol. The molecule has 0 unspecified atom stereocenters. The van der Waals surface area contributed by atoms with E-state index in [1.165, 1.54) is 0 Å². The summed E-state index contributed by atoms with van der Waals surface area (Å²) >= 11 is 0. The fraction of sp³-hybridized carbons (Fsp3) is 0.238. The lowest BCUT2D eigenvalue weighted by atomic mass is 10.2. The van der Waals surface area contributed by atoms with Crippen molar-refractivity contribution in [2.75, 3.05) is 18.4 Å². The normalized spacial score (nSPS) is 10.8. The molecule has 0 aromatic carbocycles. The molecule has 4 rings (SSSR count). The third-order valence-corrected chi connectivity index (χ3v) is 4.46. The Morgan fingerprint density at radius 2 is 2.00 bits per heavy atom. The van der Waals surface area contributed by atoms with Crippen LogP contribution in [0.3, 0.4) is 0 Å². The molecule has 158 valence electrons. The van der Waals surface area contributed by atoms with Crippen LogP contribution < -0.4 is 10.6 Å². The molecule has 0 fully saturated rings. The zero-order chi connectivity index (χ0) is 21.8. The number of rotatable bonds is 7. The van der Waals surface area contributed by atoms with Crippen molar-refractivity contribution >= 4 is 11.7 Å². The highest BCUT2D eigenvalue weighted by molar-refractivity contribution is 5.93. The van der Waals surface area contributed by atoms with E-state index in [0.717, 1.165) is 17.0 Å². The first-order valence-electron chi connectivity index (χ1n) is 9.78. The van der Waals surface area contributed by atoms with Crippen LogP contribution in [0.4, 0.5) is 5.82 Å². The summed E-state index contributed by atoms with van der Waals surface area (Å²) in [7, 11) is 0. The number of nitrogens with one attached hydrogen (secondary N) is 2. The lowest BCUT2D eigenvalue weighted by Gasteiger charge is -2.10. The number of aryl methyl sites for hydroxylation is 3. The lowest BCUT2D eigenvalue weighted by molar-refractivity contribution is 0.0946. The molecule has 0 radical (unpaired) electrons. The number of hydrogen-bond acceptors (Lipinski definition) is 8. The van der Waals surface area contributed by atoms with E-state index in [-0.39, 0.29) is 11.6 Å². The molecule has 1 amide bonds. The first kappa shape index (κ1) is 20.2. The van der Waals surface area contributed by atoms with Crippen LogP contribution in [0, 0.1) is 20.8 Å². The maximum absolute atomic E-state index is 12.3. The van der Waals surface area contributed by atoms with Gasteiger partial charge in [0.15, 0.2) is 17.3 Å². The number of anilines is 1. The van der Waals surface area contributed by atoms with E-state index in [1.807, 2.05) is 39.0 Å². The molecule has 0 saturated heterocycles. The van der Waals surface area contributed by atoms with Gasteiger partial charge < -0.3 is 15.2 Å². The Balaban J connectivity index is 1.33. The monoisotopic (exact) mass is 418 g/mol. The molecule has 10 nitrogen and oxygen atoms in total. The molecule has 0 bridgehead atoms. The Kier molecular flexibility index (Phi) is 5.69. The number of pyridine rings is 1. The highest BCUT2D eigenvalue weighted by Gasteiger charge is 2.13. The minimum Gasteiger partial charge on any atom is -0.368 e. The molecule has 10 heteroatoms. The molecule has 4 heterocycles. The second-order valence-corrected chi connectivity index (χ2v) is 7.00. The summed E-state index contributed by atoms with van der Waals surface area (Å²) in [6.45, 7) is 6.60. The van der Waals surface area contributed by atoms with Crippen LogP contribution in [0.25, 0.3) is 17.1 Å². The fourth-order valence-corrected chi connectivity index (χ4v) is 3.10. The molecule has 2 N–H and O–H groups in total. The topological polar surface area (TPSA) is 124 Å². The quantitative estimate of drug-likeness (QED) is 0.439. The van der Waals surface area contributed by atoms with Gasteiger partial charge in [0, 0.05) is 48.9 Å². The minimum atomic E-state index is -0.317. The van der Waals surface area contributed by atoms with Crippen LogP contribution in [-0.2, 0) is 0 Å². The van der Waals surface area contributed by atoms with Crippen LogP contribution in [0.1, 0.15) is 27.7 Å². The van der Waals surface area contributed by atoms with E-state index < -0.39 is 0 Å². The lowest BCUT2D eigenvalue weighted by Crippen LogP contribution is -2.29. The van der Waals surface area contributed by atoms with Crippen LogP contribution in [0.5, 0.6) is 0 Å². The van der Waals surface area contributed by atoms with Gasteiger partial charge in [-0.25, -0.2) is 14.6 Å². The largest absolute Gasteiger partial charge is 0.368 e. The van der Waals surface area contributed by atoms with Gasteiger partial charge in [-0.3, -0.25) is 9.78 Å². The van der Waals surface area contributed by atoms with E-state index in [4.69, 9.17) is 4.52 Å². The standard InChI is InChI=1S/C21H22N8O2/c1-13-9-14(2)29(27-13)20-11-19(25-15(3)26-20)23-7-8-24-21(30)17-10-18(31-28-17)16-5-4-6-22-12-16/h4-6,9-12H,7-8H2,1-3H3,(H,24,30)(H,23,25,26). The van der Waals surface area contributed by atoms with Crippen molar-refractivity contribution in [3.63, 3.8) is 0 Å². The zero-order valence-electron chi connectivity index (χ0n) is 17.5. The van der Waals surface area contributed by atoms with Crippen LogP contribution in [-0.4, -0.2) is 48.9 Å². The van der Waals surface area contributed by atoms with Gasteiger partial charge in [-0.1, -0.05) is 5.16 Å². The highest BCUT2D eigenvalue weighted by Crippen LogP contribution is 2.18. The van der Waals surface area contributed by atoms with Crippen molar-refractivity contribution in [1.29, 1.82) is 0 Å². The summed E-state index contributed by atoms with van der Waals surface area (Å²) in [6, 6.07) is 9.03. The predicted octanol–water partition coefficient (Wildman–Crippen LogP) is 2.48. The predicted molar refractivity (Wildman–Crippen MR) is 114 cm³/mol. The van der Waals surface area contributed by atoms with Gasteiger partial charge in [-0.2, -0.15) is 5.10 Å². The molecule has 0 saturated carbocycles. The Morgan fingerprint density at radius 3 is 2.74 bits per heavy atom. The van der Waals surface area contributed by atoms with Gasteiger partial charge in [0.25, 0.3) is 5.91 Å². The van der Waals surface area contributed by atoms with Gasteiger partial charge in [0.1, 0.15) is 11.6 Å². The summed E-state index contributed by atoms with van der Waals surface area (Å²) in [4.78, 5) is 25.2. The smallest absolute Gasteiger partial charge is 0.273 e. The second-order valence-electron chi connectivity index (χ2n) is 7.00. The van der Waals surface area contributed by atoms with Crippen molar-refractivity contribution in [2.45, 2.75) is 20.8 Å². The molecule has 0 aliphatic heterocycles. The Bertz CT molecular complexity index is 1200. The van der Waals surface area contributed by atoms with Crippen LogP contribution >= 0.6 is 0 Å². The van der Waals surface area contributed by atoms with Gasteiger partial charge >= 0.3 is 0 Å². The first-order valence-corrected chi connectivity index (χ1v) is 9.78. The van der Waals surface area contributed by atoms with Crippen molar-refractivity contribution < 1.29 is 9.32 Å². The highest BCUT2D eigenvalue weighted by atomic mass is 16.5. The van der Waals surface area contributed by atoms with E-state index in [2.05, 4.69) is 35.8 Å². The Labute approximate surface area is 178 Å². The Morgan fingerprint density at radius 1 is 1.13 bits per heavy atom.